The highest BCUT2D eigenvalue weighted by Gasteiger charge is 1.84. The fraction of sp³-hybridized carbons (Fsp3) is 0.333. The molecule has 0 aliphatic rings. The Morgan fingerprint density at radius 1 is 1.18 bits per heavy atom. The SMILES string of the molecule is CCCc1ccccc1.OI. The van der Waals surface area contributed by atoms with Crippen molar-refractivity contribution in [3.63, 3.8) is 0 Å². The molecule has 0 bridgehead atoms. The second-order valence-corrected chi connectivity index (χ2v) is 2.24. The predicted molar refractivity (Wildman–Crippen MR) is 56.7 cm³/mol. The average molecular weight is 264 g/mol. The third-order valence-electron chi connectivity index (χ3n) is 1.38. The minimum absolute atomic E-state index is 1.15. The molecule has 0 amide bonds. The third-order valence-corrected chi connectivity index (χ3v) is 1.38. The molecule has 1 aromatic carbocycles. The molecule has 0 aliphatic carbocycles. The van der Waals surface area contributed by atoms with Gasteiger partial charge in [0.2, 0.25) is 0 Å². The monoisotopic (exact) mass is 264 g/mol. The molecule has 0 saturated heterocycles. The number of aryl methyl sites for hydroxylation is 1. The smallest absolute Gasteiger partial charge is 0.106 e. The number of halogens is 1. The van der Waals surface area contributed by atoms with Crippen LogP contribution in [0, 0.1) is 0 Å². The standard InChI is InChI=1S/C9H12.HIO/c1-2-6-9-7-4-3-5-8-9;1-2/h3-5,7-8H,2,6H2,1H3;2H. The van der Waals surface area contributed by atoms with Crippen LogP contribution >= 0.6 is 23.0 Å². The molecule has 62 valence electrons. The van der Waals surface area contributed by atoms with Crippen LogP contribution in [0.15, 0.2) is 30.3 Å². The van der Waals surface area contributed by atoms with Crippen LogP contribution in [0.1, 0.15) is 18.9 Å². The molecule has 0 unspecified atom stereocenters. The summed E-state index contributed by atoms with van der Waals surface area (Å²) >= 11 is 1.15. The highest BCUT2D eigenvalue weighted by molar-refractivity contribution is 14.1. The van der Waals surface area contributed by atoms with Crippen LogP contribution in [-0.4, -0.2) is 3.44 Å². The molecule has 1 N–H and O–H groups in total. The Kier molecular flexibility index (Phi) is 7.95. The van der Waals surface area contributed by atoms with E-state index in [1.807, 2.05) is 0 Å². The maximum absolute atomic E-state index is 6.97. The molecule has 0 aromatic heterocycles. The van der Waals surface area contributed by atoms with Crippen molar-refractivity contribution >= 4 is 23.0 Å². The largest absolute Gasteiger partial charge is 0.331 e. The van der Waals surface area contributed by atoms with Gasteiger partial charge in [0.15, 0.2) is 0 Å². The van der Waals surface area contributed by atoms with Gasteiger partial charge in [-0.3, -0.25) is 0 Å². The molecule has 11 heavy (non-hydrogen) atoms. The highest BCUT2D eigenvalue weighted by Crippen LogP contribution is 2.00. The summed E-state index contributed by atoms with van der Waals surface area (Å²) in [6.45, 7) is 2.20. The fourth-order valence-electron chi connectivity index (χ4n) is 0.933. The van der Waals surface area contributed by atoms with E-state index in [9.17, 15) is 0 Å². The van der Waals surface area contributed by atoms with E-state index in [1.165, 1.54) is 18.4 Å². The first-order valence-corrected chi connectivity index (χ1v) is 4.61. The highest BCUT2D eigenvalue weighted by atomic mass is 127. The summed E-state index contributed by atoms with van der Waals surface area (Å²) in [4.78, 5) is 0. The van der Waals surface area contributed by atoms with Gasteiger partial charge in [-0.1, -0.05) is 43.7 Å². The van der Waals surface area contributed by atoms with Crippen LogP contribution in [0.2, 0.25) is 0 Å². The summed E-state index contributed by atoms with van der Waals surface area (Å²) in [7, 11) is 0. The van der Waals surface area contributed by atoms with Gasteiger partial charge in [-0.25, -0.2) is 0 Å². The van der Waals surface area contributed by atoms with Gasteiger partial charge in [-0.2, -0.15) is 0 Å². The van der Waals surface area contributed by atoms with E-state index in [0.717, 1.165) is 23.0 Å². The van der Waals surface area contributed by atoms with Gasteiger partial charge in [0.25, 0.3) is 0 Å². The zero-order valence-electron chi connectivity index (χ0n) is 6.63. The van der Waals surface area contributed by atoms with Crippen LogP contribution in [0.25, 0.3) is 0 Å². The van der Waals surface area contributed by atoms with Crippen LogP contribution in [0.3, 0.4) is 0 Å². The molecule has 0 spiro atoms. The van der Waals surface area contributed by atoms with Gasteiger partial charge >= 0.3 is 0 Å². The number of hydrogen-bond donors (Lipinski definition) is 1. The van der Waals surface area contributed by atoms with Gasteiger partial charge in [-0.05, 0) is 12.0 Å². The van der Waals surface area contributed by atoms with Gasteiger partial charge in [-0.15, -0.1) is 0 Å². The van der Waals surface area contributed by atoms with Crippen LogP contribution < -0.4 is 0 Å². The second-order valence-electron chi connectivity index (χ2n) is 2.24. The van der Waals surface area contributed by atoms with Crippen molar-refractivity contribution in [3.8, 4) is 0 Å². The Balaban J connectivity index is 0.000000461. The molecule has 1 aromatic rings. The van der Waals surface area contributed by atoms with Gasteiger partial charge in [0.05, 0.1) is 0 Å². The number of hydrogen-bond acceptors (Lipinski definition) is 1. The van der Waals surface area contributed by atoms with Crippen molar-refractivity contribution in [1.82, 2.24) is 0 Å². The first-order chi connectivity index (χ1) is 5.43. The summed E-state index contributed by atoms with van der Waals surface area (Å²) in [6, 6.07) is 10.6. The summed E-state index contributed by atoms with van der Waals surface area (Å²) in [6.07, 6.45) is 2.45. The summed E-state index contributed by atoms with van der Waals surface area (Å²) in [5.74, 6) is 0. The van der Waals surface area contributed by atoms with E-state index in [2.05, 4.69) is 37.3 Å². The minimum atomic E-state index is 1.15. The molecule has 0 heterocycles. The maximum Gasteiger partial charge on any atom is 0.106 e. The predicted octanol–water partition coefficient (Wildman–Crippen LogP) is 2.97. The zero-order chi connectivity index (χ0) is 8.53. The van der Waals surface area contributed by atoms with Crippen molar-refractivity contribution in [3.05, 3.63) is 35.9 Å². The second kappa shape index (κ2) is 8.01. The summed E-state index contributed by atoms with van der Waals surface area (Å²) < 4.78 is 6.97. The van der Waals surface area contributed by atoms with Gasteiger partial charge < -0.3 is 3.44 Å². The number of benzene rings is 1. The molecule has 0 fully saturated rings. The maximum atomic E-state index is 6.97. The van der Waals surface area contributed by atoms with Crippen molar-refractivity contribution in [2.45, 2.75) is 19.8 Å². The Morgan fingerprint density at radius 2 is 1.73 bits per heavy atom. The van der Waals surface area contributed by atoms with E-state index in [4.69, 9.17) is 3.44 Å². The molecule has 1 nitrogen and oxygen atoms in total. The van der Waals surface area contributed by atoms with Crippen molar-refractivity contribution < 1.29 is 3.44 Å². The normalized spacial score (nSPS) is 8.27. The molecule has 2 heteroatoms. The lowest BCUT2D eigenvalue weighted by Crippen LogP contribution is -1.78. The molecule has 1 rings (SSSR count). The quantitative estimate of drug-likeness (QED) is 0.814. The van der Waals surface area contributed by atoms with Crippen molar-refractivity contribution in [2.75, 3.05) is 0 Å². The van der Waals surface area contributed by atoms with E-state index in [0.29, 0.717) is 0 Å². The Morgan fingerprint density at radius 3 is 2.18 bits per heavy atom. The average Bonchev–Trinajstić information content (AvgIpc) is 2.11. The lowest BCUT2D eigenvalue weighted by Gasteiger charge is -1.93. The fourth-order valence-corrected chi connectivity index (χ4v) is 0.933. The van der Waals surface area contributed by atoms with Crippen molar-refractivity contribution in [1.29, 1.82) is 0 Å². The molecular weight excluding hydrogens is 251 g/mol. The summed E-state index contributed by atoms with van der Waals surface area (Å²) in [5, 5.41) is 0. The Hall–Kier alpha value is -0.0900. The van der Waals surface area contributed by atoms with Crippen LogP contribution in [-0.2, 0) is 6.42 Å². The third kappa shape index (κ3) is 5.21. The van der Waals surface area contributed by atoms with E-state index < -0.39 is 0 Å². The van der Waals surface area contributed by atoms with Gasteiger partial charge in [0.1, 0.15) is 23.0 Å². The summed E-state index contributed by atoms with van der Waals surface area (Å²) in [5.41, 5.74) is 1.44. The first kappa shape index (κ1) is 10.9. The topological polar surface area (TPSA) is 20.2 Å². The molecule has 0 radical (unpaired) electrons. The Labute approximate surface area is 82.1 Å². The van der Waals surface area contributed by atoms with E-state index in [-0.39, 0.29) is 0 Å². The van der Waals surface area contributed by atoms with E-state index >= 15 is 0 Å². The zero-order valence-corrected chi connectivity index (χ0v) is 8.78. The number of rotatable bonds is 2. The Bertz CT molecular complexity index is 162. The molecular formula is C9H13IO. The first-order valence-electron chi connectivity index (χ1n) is 3.64. The molecule has 0 atom stereocenters. The van der Waals surface area contributed by atoms with Gasteiger partial charge in [0, 0.05) is 0 Å². The van der Waals surface area contributed by atoms with Crippen molar-refractivity contribution in [2.24, 2.45) is 0 Å². The molecule has 0 saturated carbocycles. The van der Waals surface area contributed by atoms with Crippen LogP contribution in [0.4, 0.5) is 0 Å². The lowest BCUT2D eigenvalue weighted by molar-refractivity contribution is 0.748. The minimum Gasteiger partial charge on any atom is -0.331 e. The van der Waals surface area contributed by atoms with E-state index in [1.54, 1.807) is 0 Å². The lowest BCUT2D eigenvalue weighted by atomic mass is 10.1. The van der Waals surface area contributed by atoms with Crippen LogP contribution in [0.5, 0.6) is 0 Å². The molecule has 0 aliphatic heterocycles.